The minimum Gasteiger partial charge on any atom is -0.492 e. The van der Waals surface area contributed by atoms with Crippen molar-refractivity contribution in [3.63, 3.8) is 0 Å². The molecule has 3 N–H and O–H groups in total. The lowest BCUT2D eigenvalue weighted by Gasteiger charge is -2.51. The summed E-state index contributed by atoms with van der Waals surface area (Å²) in [5, 5.41) is 2.63. The Morgan fingerprint density at radius 2 is 2.00 bits per heavy atom. The zero-order chi connectivity index (χ0) is 30.2. The Hall–Kier alpha value is -4.03. The SMILES string of the molecule is COC(=O)C1CC1COc1cnc2ccc(=O)n(CCC34CCC(N)(CC3)CO4)c2c1.Cc1ccc2c(n1)NC(=O)CO2. The summed E-state index contributed by atoms with van der Waals surface area (Å²) in [7, 11) is 1.41. The maximum atomic E-state index is 12.7. The Labute approximate surface area is 248 Å². The molecule has 2 bridgehead atoms. The van der Waals surface area contributed by atoms with E-state index in [-0.39, 0.29) is 47.0 Å². The zero-order valence-corrected chi connectivity index (χ0v) is 24.5. The van der Waals surface area contributed by atoms with Crippen molar-refractivity contribution < 1.29 is 28.5 Å². The fourth-order valence-electron chi connectivity index (χ4n) is 6.02. The topological polar surface area (TPSA) is 157 Å². The molecule has 5 aliphatic rings. The summed E-state index contributed by atoms with van der Waals surface area (Å²) in [4.78, 5) is 43.7. The van der Waals surface area contributed by atoms with Gasteiger partial charge < -0.3 is 34.6 Å². The van der Waals surface area contributed by atoms with Crippen LogP contribution in [0.25, 0.3) is 11.0 Å². The van der Waals surface area contributed by atoms with Crippen molar-refractivity contribution in [2.45, 2.75) is 63.1 Å². The summed E-state index contributed by atoms with van der Waals surface area (Å²) in [5.74, 6) is 1.52. The van der Waals surface area contributed by atoms with E-state index in [0.717, 1.165) is 55.3 Å². The van der Waals surface area contributed by atoms with Gasteiger partial charge in [0.25, 0.3) is 11.5 Å². The molecule has 3 aromatic rings. The Balaban J connectivity index is 0.000000229. The number of amides is 1. The number of hydrogen-bond acceptors (Lipinski definition) is 10. The molecule has 1 amide bonds. The third kappa shape index (κ3) is 6.35. The second-order valence-electron chi connectivity index (χ2n) is 12.1. The first-order chi connectivity index (χ1) is 20.7. The highest BCUT2D eigenvalue weighted by Gasteiger charge is 2.47. The van der Waals surface area contributed by atoms with E-state index in [1.807, 2.05) is 19.1 Å². The molecule has 3 aliphatic heterocycles. The van der Waals surface area contributed by atoms with Gasteiger partial charge in [-0.25, -0.2) is 4.98 Å². The monoisotopic (exact) mass is 591 g/mol. The number of nitrogens with two attached hydrogens (primary N) is 1. The fourth-order valence-corrected chi connectivity index (χ4v) is 6.02. The van der Waals surface area contributed by atoms with Crippen LogP contribution in [-0.4, -0.2) is 64.5 Å². The van der Waals surface area contributed by atoms with Crippen LogP contribution < -0.4 is 26.1 Å². The number of nitrogens with zero attached hydrogens (tertiary/aromatic N) is 3. The largest absolute Gasteiger partial charge is 0.492 e. The molecule has 2 saturated heterocycles. The van der Waals surface area contributed by atoms with E-state index in [1.54, 1.807) is 29.0 Å². The molecule has 0 spiro atoms. The van der Waals surface area contributed by atoms with Crippen molar-refractivity contribution in [3.05, 3.63) is 52.6 Å². The minimum absolute atomic E-state index is 0.0596. The van der Waals surface area contributed by atoms with Gasteiger partial charge in [-0.3, -0.25) is 19.4 Å². The molecule has 8 rings (SSSR count). The van der Waals surface area contributed by atoms with Gasteiger partial charge in [0.2, 0.25) is 0 Å². The van der Waals surface area contributed by atoms with E-state index < -0.39 is 0 Å². The maximum Gasteiger partial charge on any atom is 0.309 e. The van der Waals surface area contributed by atoms with Crippen molar-refractivity contribution in [3.8, 4) is 11.5 Å². The number of aryl methyl sites for hydroxylation is 2. The minimum atomic E-state index is -0.182. The van der Waals surface area contributed by atoms with Crippen LogP contribution in [0.15, 0.2) is 41.3 Å². The summed E-state index contributed by atoms with van der Waals surface area (Å²) in [6.07, 6.45) is 7.06. The van der Waals surface area contributed by atoms with E-state index >= 15 is 0 Å². The van der Waals surface area contributed by atoms with Crippen LogP contribution in [0.1, 0.15) is 44.2 Å². The Morgan fingerprint density at radius 1 is 1.19 bits per heavy atom. The first-order valence-corrected chi connectivity index (χ1v) is 14.7. The summed E-state index contributed by atoms with van der Waals surface area (Å²) < 4.78 is 23.7. The molecule has 2 saturated carbocycles. The zero-order valence-electron chi connectivity index (χ0n) is 24.5. The predicted octanol–water partition coefficient (Wildman–Crippen LogP) is 2.74. The number of carbonyl (C=O) groups is 2. The number of fused-ring (bicyclic) bond motifs is 5. The first kappa shape index (κ1) is 29.1. The molecule has 2 aliphatic carbocycles. The van der Waals surface area contributed by atoms with Crippen LogP contribution in [-0.2, 0) is 25.6 Å². The second-order valence-corrected chi connectivity index (χ2v) is 12.1. The van der Waals surface area contributed by atoms with Gasteiger partial charge in [0.05, 0.1) is 49.1 Å². The predicted molar refractivity (Wildman–Crippen MR) is 157 cm³/mol. The molecule has 2 atom stereocenters. The average Bonchev–Trinajstić information content (AvgIpc) is 3.80. The number of esters is 1. The number of nitrogens with one attached hydrogen (secondary N) is 1. The van der Waals surface area contributed by atoms with Gasteiger partial charge in [-0.1, -0.05) is 0 Å². The van der Waals surface area contributed by atoms with Crippen LogP contribution in [0, 0.1) is 18.8 Å². The second kappa shape index (κ2) is 11.6. The van der Waals surface area contributed by atoms with Crippen molar-refractivity contribution in [1.29, 1.82) is 0 Å². The van der Waals surface area contributed by atoms with Crippen LogP contribution in [0.3, 0.4) is 0 Å². The molecular weight excluding hydrogens is 554 g/mol. The van der Waals surface area contributed by atoms with Gasteiger partial charge in [0, 0.05) is 35.8 Å². The lowest BCUT2D eigenvalue weighted by atomic mass is 9.70. The van der Waals surface area contributed by atoms with Crippen molar-refractivity contribution in [1.82, 2.24) is 14.5 Å². The van der Waals surface area contributed by atoms with Gasteiger partial charge in [-0.2, -0.15) is 0 Å². The standard InChI is InChI=1S/C23H29N3O5.C8H8N2O2/c1-29-21(28)17-10-15(17)13-30-16-11-19-18(25-12-16)2-3-20(27)26(19)9-8-23-6-4-22(24,5-7-23)14-31-23;1-5-2-3-6-8(9-5)10-7(11)4-12-6/h2-3,11-12,15,17H,4-10,13-14,24H2,1H3;2-3H,4H2,1H3,(H,9,10,11). The first-order valence-electron chi connectivity index (χ1n) is 14.7. The van der Waals surface area contributed by atoms with E-state index in [2.05, 4.69) is 15.3 Å². The maximum absolute atomic E-state index is 12.7. The summed E-state index contributed by atoms with van der Waals surface area (Å²) >= 11 is 0. The lowest BCUT2D eigenvalue weighted by Crippen LogP contribution is -2.59. The number of pyridine rings is 3. The summed E-state index contributed by atoms with van der Waals surface area (Å²) in [5.41, 5.74) is 8.29. The quantitative estimate of drug-likeness (QED) is 0.392. The number of rotatable bonds is 7. The molecule has 43 heavy (non-hydrogen) atoms. The van der Waals surface area contributed by atoms with Crippen molar-refractivity contribution in [2.75, 3.05) is 32.2 Å². The molecule has 228 valence electrons. The number of carbonyl (C=O) groups excluding carboxylic acids is 2. The molecule has 4 fully saturated rings. The molecule has 12 heteroatoms. The third-order valence-corrected chi connectivity index (χ3v) is 8.93. The average molecular weight is 592 g/mol. The molecular formula is C31H37N5O7. The number of ether oxygens (including phenoxy) is 4. The van der Waals surface area contributed by atoms with E-state index in [1.165, 1.54) is 7.11 Å². The lowest BCUT2D eigenvalue weighted by molar-refractivity contribution is -0.157. The van der Waals surface area contributed by atoms with Crippen LogP contribution >= 0.6 is 0 Å². The smallest absolute Gasteiger partial charge is 0.309 e. The summed E-state index contributed by atoms with van der Waals surface area (Å²) in [6, 6.07) is 8.81. The van der Waals surface area contributed by atoms with Gasteiger partial charge in [0.1, 0.15) is 5.75 Å². The summed E-state index contributed by atoms with van der Waals surface area (Å²) in [6.45, 7) is 3.54. The molecule has 6 heterocycles. The Kier molecular flexibility index (Phi) is 7.82. The highest BCUT2D eigenvalue weighted by molar-refractivity contribution is 5.94. The van der Waals surface area contributed by atoms with Crippen LogP contribution in [0.4, 0.5) is 5.82 Å². The normalized spacial score (nSPS) is 26.8. The highest BCUT2D eigenvalue weighted by Crippen LogP contribution is 2.44. The molecule has 0 aromatic carbocycles. The van der Waals surface area contributed by atoms with Gasteiger partial charge >= 0.3 is 5.97 Å². The number of aromatic nitrogens is 3. The van der Waals surface area contributed by atoms with E-state index in [9.17, 15) is 14.4 Å². The third-order valence-electron chi connectivity index (χ3n) is 8.93. The molecule has 2 unspecified atom stereocenters. The van der Waals surface area contributed by atoms with Crippen molar-refractivity contribution in [2.24, 2.45) is 17.6 Å². The fraction of sp³-hybridized carbons (Fsp3) is 0.516. The molecule has 3 aromatic heterocycles. The van der Waals surface area contributed by atoms with E-state index in [0.29, 0.717) is 37.1 Å². The van der Waals surface area contributed by atoms with Gasteiger partial charge in [0.15, 0.2) is 18.2 Å². The molecule has 12 nitrogen and oxygen atoms in total. The number of hydrogen-bond donors (Lipinski definition) is 2. The van der Waals surface area contributed by atoms with Gasteiger partial charge in [-0.15, -0.1) is 0 Å². The van der Waals surface area contributed by atoms with Crippen LogP contribution in [0.2, 0.25) is 0 Å². The van der Waals surface area contributed by atoms with Crippen molar-refractivity contribution >= 4 is 28.7 Å². The Bertz CT molecular complexity index is 1580. The molecule has 0 radical (unpaired) electrons. The van der Waals surface area contributed by atoms with Crippen LogP contribution in [0.5, 0.6) is 11.5 Å². The number of methoxy groups -OCH3 is 1. The Morgan fingerprint density at radius 3 is 2.74 bits per heavy atom. The van der Waals surface area contributed by atoms with E-state index in [4.69, 9.17) is 24.7 Å². The van der Waals surface area contributed by atoms with Gasteiger partial charge in [-0.05, 0) is 63.6 Å². The number of anilines is 1. The highest BCUT2D eigenvalue weighted by atomic mass is 16.5.